The monoisotopic (exact) mass is 399 g/mol. The van der Waals surface area contributed by atoms with Crippen molar-refractivity contribution in [3.05, 3.63) is 96.0 Å². The molecular weight excluding hydrogens is 384 g/mol. The van der Waals surface area contributed by atoms with E-state index in [2.05, 4.69) is 15.3 Å². The Labute approximate surface area is 171 Å². The minimum atomic E-state index is -0.226. The molecule has 0 saturated heterocycles. The molecule has 0 saturated carbocycles. The van der Waals surface area contributed by atoms with Gasteiger partial charge in [-0.15, -0.1) is 0 Å². The normalized spacial score (nSPS) is 11.1. The van der Waals surface area contributed by atoms with Gasteiger partial charge in [-0.05, 0) is 36.4 Å². The van der Waals surface area contributed by atoms with Gasteiger partial charge in [-0.3, -0.25) is 9.78 Å². The lowest BCUT2D eigenvalue weighted by atomic mass is 10.1. The summed E-state index contributed by atoms with van der Waals surface area (Å²) in [5.74, 6) is 0.523. The van der Waals surface area contributed by atoms with E-state index in [-0.39, 0.29) is 5.91 Å². The van der Waals surface area contributed by atoms with Crippen molar-refractivity contribution in [3.63, 3.8) is 0 Å². The van der Waals surface area contributed by atoms with Crippen LogP contribution in [0.3, 0.4) is 0 Å². The number of amides is 1. The molecule has 0 fully saturated rings. The van der Waals surface area contributed by atoms with Crippen molar-refractivity contribution >= 4 is 39.5 Å². The van der Waals surface area contributed by atoms with Crippen molar-refractivity contribution in [1.29, 1.82) is 0 Å². The van der Waals surface area contributed by atoms with Gasteiger partial charge in [-0.25, -0.2) is 4.98 Å². The molecule has 1 amide bonds. The second kappa shape index (κ2) is 7.04. The molecule has 3 heterocycles. The van der Waals surface area contributed by atoms with E-state index in [0.29, 0.717) is 10.7 Å². The lowest BCUT2D eigenvalue weighted by Crippen LogP contribution is -2.22. The number of nitrogens with one attached hydrogen (secondary N) is 2. The number of nitrogens with zero attached hydrogens (tertiary/aromatic N) is 2. The number of pyridine rings is 2. The molecule has 6 heteroatoms. The predicted molar refractivity (Wildman–Crippen MR) is 114 cm³/mol. The number of benzene rings is 2. The molecule has 0 radical (unpaired) electrons. The van der Waals surface area contributed by atoms with Crippen LogP contribution in [0.4, 0.5) is 5.69 Å². The fraction of sp³-hybridized carbons (Fsp3) is 0. The van der Waals surface area contributed by atoms with Crippen molar-refractivity contribution in [3.8, 4) is 11.4 Å². The van der Waals surface area contributed by atoms with Gasteiger partial charge < -0.3 is 5.32 Å². The lowest BCUT2D eigenvalue weighted by molar-refractivity contribution is -0.498. The van der Waals surface area contributed by atoms with Crippen molar-refractivity contribution < 1.29 is 9.20 Å². The first-order valence-corrected chi connectivity index (χ1v) is 9.51. The number of hydrogen-bond donors (Lipinski definition) is 2. The second-order valence-corrected chi connectivity index (χ2v) is 7.05. The van der Waals surface area contributed by atoms with Crippen LogP contribution >= 0.6 is 11.6 Å². The number of fused-ring (bicyclic) bond motifs is 2. The van der Waals surface area contributed by atoms with E-state index >= 15 is 0 Å². The molecule has 0 spiro atoms. The van der Waals surface area contributed by atoms with Gasteiger partial charge in [0.1, 0.15) is 0 Å². The molecule has 0 aliphatic carbocycles. The molecule has 5 nitrogen and oxygen atoms in total. The highest BCUT2D eigenvalue weighted by Crippen LogP contribution is 2.27. The van der Waals surface area contributed by atoms with E-state index in [9.17, 15) is 4.79 Å². The molecule has 0 atom stereocenters. The van der Waals surface area contributed by atoms with Crippen molar-refractivity contribution in [2.24, 2.45) is 0 Å². The van der Waals surface area contributed by atoms with E-state index in [0.717, 1.165) is 33.4 Å². The number of anilines is 1. The van der Waals surface area contributed by atoms with Crippen LogP contribution in [0.1, 0.15) is 10.5 Å². The van der Waals surface area contributed by atoms with Crippen LogP contribution < -0.4 is 9.72 Å². The number of hydrogen-bond acceptors (Lipinski definition) is 2. The maximum Gasteiger partial charge on any atom is 0.300 e. The maximum absolute atomic E-state index is 13.2. The van der Waals surface area contributed by atoms with Gasteiger partial charge >= 0.3 is 0 Å². The summed E-state index contributed by atoms with van der Waals surface area (Å²) in [6, 6.07) is 20.9. The lowest BCUT2D eigenvalue weighted by Gasteiger charge is -2.06. The standard InChI is InChI=1S/C23H15ClN4O/c24-18-8-2-1-7-17(18)22-27-21(20-10-3-4-13-28(20)22)23(29)26-19-9-5-6-15-14-25-12-11-16(15)19/h1-14H,(H,26,29)/p+1. The van der Waals surface area contributed by atoms with E-state index in [1.807, 2.05) is 77.3 Å². The molecule has 140 valence electrons. The first-order chi connectivity index (χ1) is 14.2. The minimum Gasteiger partial charge on any atom is -0.318 e. The van der Waals surface area contributed by atoms with Crippen LogP contribution in [0.5, 0.6) is 0 Å². The Kier molecular flexibility index (Phi) is 4.22. The quantitative estimate of drug-likeness (QED) is 0.425. The van der Waals surface area contributed by atoms with Crippen LogP contribution in [0.15, 0.2) is 85.3 Å². The van der Waals surface area contributed by atoms with Gasteiger partial charge in [-0.1, -0.05) is 41.9 Å². The summed E-state index contributed by atoms with van der Waals surface area (Å²) in [4.78, 5) is 20.6. The van der Waals surface area contributed by atoms with Gasteiger partial charge in [0, 0.05) is 28.9 Å². The van der Waals surface area contributed by atoms with Gasteiger partial charge in [0.15, 0.2) is 5.52 Å². The Hall–Kier alpha value is -3.70. The Bertz CT molecular complexity index is 1370. The molecule has 2 N–H and O–H groups in total. The average Bonchev–Trinajstić information content (AvgIpc) is 3.14. The van der Waals surface area contributed by atoms with E-state index in [4.69, 9.17) is 11.6 Å². The smallest absolute Gasteiger partial charge is 0.300 e. The molecule has 2 aromatic carbocycles. The Morgan fingerprint density at radius 2 is 1.86 bits per heavy atom. The van der Waals surface area contributed by atoms with Crippen molar-refractivity contribution in [2.75, 3.05) is 5.32 Å². The minimum absolute atomic E-state index is 0.226. The topological polar surface area (TPSA) is 61.9 Å². The number of aromatic amines is 1. The van der Waals surface area contributed by atoms with Crippen LogP contribution in [0, 0.1) is 0 Å². The molecule has 5 aromatic rings. The molecule has 29 heavy (non-hydrogen) atoms. The number of aromatic nitrogens is 3. The first kappa shape index (κ1) is 17.4. The summed E-state index contributed by atoms with van der Waals surface area (Å²) in [6.45, 7) is 0. The number of carbonyl (C=O) groups is 1. The summed E-state index contributed by atoms with van der Waals surface area (Å²) < 4.78 is 1.93. The van der Waals surface area contributed by atoms with Crippen molar-refractivity contribution in [1.82, 2.24) is 9.97 Å². The van der Waals surface area contributed by atoms with Gasteiger partial charge in [0.2, 0.25) is 5.69 Å². The third-order valence-electron chi connectivity index (χ3n) is 4.89. The highest BCUT2D eigenvalue weighted by Gasteiger charge is 2.26. The zero-order valence-corrected chi connectivity index (χ0v) is 16.0. The predicted octanol–water partition coefficient (Wildman–Crippen LogP) is 4.87. The highest BCUT2D eigenvalue weighted by molar-refractivity contribution is 6.33. The Balaban J connectivity index is 1.62. The largest absolute Gasteiger partial charge is 0.318 e. The third kappa shape index (κ3) is 3.02. The van der Waals surface area contributed by atoms with E-state index in [1.54, 1.807) is 12.4 Å². The number of imidazole rings is 1. The van der Waals surface area contributed by atoms with Crippen LogP contribution in [-0.4, -0.2) is 15.9 Å². The molecule has 5 rings (SSSR count). The number of H-pyrrole nitrogens is 1. The maximum atomic E-state index is 13.2. The molecule has 0 aliphatic heterocycles. The SMILES string of the molecule is O=C(Nc1cccc2cnccc12)c1[nH]c(-c2ccccc2Cl)[n+]2ccccc12. The molecule has 0 unspecified atom stereocenters. The summed E-state index contributed by atoms with van der Waals surface area (Å²) in [5, 5.41) is 5.54. The molecule has 0 aliphatic rings. The zero-order chi connectivity index (χ0) is 19.8. The molecular formula is C23H16ClN4O+. The number of halogens is 1. The van der Waals surface area contributed by atoms with Crippen LogP contribution in [-0.2, 0) is 0 Å². The highest BCUT2D eigenvalue weighted by atomic mass is 35.5. The summed E-state index contributed by atoms with van der Waals surface area (Å²) in [7, 11) is 0. The average molecular weight is 400 g/mol. The number of rotatable bonds is 3. The Morgan fingerprint density at radius 3 is 2.76 bits per heavy atom. The Morgan fingerprint density at radius 1 is 1.00 bits per heavy atom. The van der Waals surface area contributed by atoms with Gasteiger partial charge in [-0.2, -0.15) is 4.40 Å². The van der Waals surface area contributed by atoms with Gasteiger partial charge in [0.05, 0.1) is 16.8 Å². The van der Waals surface area contributed by atoms with Crippen LogP contribution in [0.2, 0.25) is 5.02 Å². The second-order valence-electron chi connectivity index (χ2n) is 6.64. The van der Waals surface area contributed by atoms with Gasteiger partial charge in [0.25, 0.3) is 11.7 Å². The molecule has 3 aromatic heterocycles. The number of carbonyl (C=O) groups excluding carboxylic acids is 1. The van der Waals surface area contributed by atoms with Crippen molar-refractivity contribution in [2.45, 2.75) is 0 Å². The summed E-state index contributed by atoms with van der Waals surface area (Å²) in [6.07, 6.45) is 5.40. The molecule has 0 bridgehead atoms. The fourth-order valence-corrected chi connectivity index (χ4v) is 3.75. The van der Waals surface area contributed by atoms with E-state index < -0.39 is 0 Å². The summed E-state index contributed by atoms with van der Waals surface area (Å²) in [5.41, 5.74) is 2.79. The summed E-state index contributed by atoms with van der Waals surface area (Å²) >= 11 is 6.40. The zero-order valence-electron chi connectivity index (χ0n) is 15.3. The van der Waals surface area contributed by atoms with Crippen LogP contribution in [0.25, 0.3) is 27.7 Å². The van der Waals surface area contributed by atoms with E-state index in [1.165, 1.54) is 0 Å². The third-order valence-corrected chi connectivity index (χ3v) is 5.21. The first-order valence-electron chi connectivity index (χ1n) is 9.14. The fourth-order valence-electron chi connectivity index (χ4n) is 3.52.